The fraction of sp³-hybridized carbons (Fsp3) is 0.420. The van der Waals surface area contributed by atoms with Gasteiger partial charge in [0.1, 0.15) is 0 Å². The molecule has 107 heavy (non-hydrogen) atoms. The molecule has 0 aromatic carbocycles. The normalized spacial score (nSPS) is 13.2. The van der Waals surface area contributed by atoms with Crippen molar-refractivity contribution in [2.75, 3.05) is 113 Å². The number of allylic oxidation sites excluding steroid dienone is 10. The molecule has 10 heterocycles. The summed E-state index contributed by atoms with van der Waals surface area (Å²) in [5.74, 6) is -0.00510. The van der Waals surface area contributed by atoms with Crippen LogP contribution in [0, 0.1) is 27.7 Å². The number of amides is 3. The van der Waals surface area contributed by atoms with Gasteiger partial charge in [0, 0.05) is 138 Å². The van der Waals surface area contributed by atoms with Crippen molar-refractivity contribution in [3.05, 3.63) is 177 Å². The fourth-order valence-electron chi connectivity index (χ4n) is 15.1. The molecular formula is C88H116N16O3. The number of aryl methyl sites for hydroxylation is 6. The number of carbonyl (C=O) groups is 3. The number of aromatic nitrogens is 8. The molecule has 16 bridgehead atoms. The average molecular weight is 1450 g/mol. The number of likely N-dealkylation sites (N-methyl/N-ethyl adjacent to an activating group) is 4. The van der Waals surface area contributed by atoms with Crippen molar-refractivity contribution in [3.63, 3.8) is 0 Å². The van der Waals surface area contributed by atoms with Gasteiger partial charge in [-0.3, -0.25) is 14.4 Å². The Morgan fingerprint density at radius 3 is 1.21 bits per heavy atom. The lowest BCUT2D eigenvalue weighted by molar-refractivity contribution is -0.121. The van der Waals surface area contributed by atoms with Crippen LogP contribution < -0.4 is 21.3 Å². The van der Waals surface area contributed by atoms with Crippen molar-refractivity contribution in [3.8, 4) is 0 Å². The number of H-pyrrole nitrogens is 4. The van der Waals surface area contributed by atoms with Gasteiger partial charge in [-0.25, -0.2) is 19.9 Å². The topological polar surface area (TPSA) is 227 Å². The Morgan fingerprint density at radius 1 is 0.383 bits per heavy atom. The third kappa shape index (κ3) is 19.0. The van der Waals surface area contributed by atoms with Crippen LogP contribution in [0.4, 0.5) is 0 Å². The molecule has 4 aliphatic rings. The molecule has 0 fully saturated rings. The minimum atomic E-state index is -0.0197. The maximum absolute atomic E-state index is 13.9. The van der Waals surface area contributed by atoms with Crippen molar-refractivity contribution in [1.82, 2.24) is 80.7 Å². The van der Waals surface area contributed by atoms with Gasteiger partial charge in [0.15, 0.2) is 0 Å². The molecule has 19 heteroatoms. The molecule has 0 radical (unpaired) electrons. The number of hydrogen-bond acceptors (Lipinski definition) is 12. The summed E-state index contributed by atoms with van der Waals surface area (Å²) in [6.45, 7) is 51.3. The second kappa shape index (κ2) is 36.8. The lowest BCUT2D eigenvalue weighted by Crippen LogP contribution is -2.37. The Hall–Kier alpha value is -9.63. The van der Waals surface area contributed by atoms with Crippen LogP contribution in [-0.4, -0.2) is 190 Å². The van der Waals surface area contributed by atoms with Crippen molar-refractivity contribution in [2.45, 2.75) is 134 Å². The van der Waals surface area contributed by atoms with Gasteiger partial charge in [-0.1, -0.05) is 71.4 Å². The predicted octanol–water partition coefficient (Wildman–Crippen LogP) is 15.2. The van der Waals surface area contributed by atoms with Gasteiger partial charge in [0.05, 0.1) is 45.6 Å². The van der Waals surface area contributed by atoms with Crippen molar-refractivity contribution in [1.29, 1.82) is 0 Å². The number of carbonyl (C=O) groups excluding carboxylic acids is 3. The zero-order valence-electron chi connectivity index (χ0n) is 66.3. The highest BCUT2D eigenvalue weighted by molar-refractivity contribution is 6.00. The first kappa shape index (κ1) is 79.9. The van der Waals surface area contributed by atoms with Gasteiger partial charge in [0.25, 0.3) is 0 Å². The number of nitrogens with zero attached hydrogens (tertiary/aromatic N) is 8. The van der Waals surface area contributed by atoms with E-state index in [1.165, 1.54) is 5.57 Å². The van der Waals surface area contributed by atoms with Gasteiger partial charge < -0.3 is 60.8 Å². The van der Waals surface area contributed by atoms with Gasteiger partial charge in [-0.2, -0.15) is 0 Å². The molecule has 0 saturated heterocycles. The fourth-order valence-corrected chi connectivity index (χ4v) is 15.1. The standard InChI is InChI=1S/C88H116N16O3/c1-19-62-54(8)70-46-72-58(12)66(28-26-35-89-36-42-101(16)17)82(97-72)52-83-68(60(14)76(99-83)50-80-64(21-3)56(10)74(95-80)48-78(62)93-70)29-32-86(105)90-37-43-102(18)40-27-41-104(25-7)45-39-92-88(107)34-30-67-59(13)73-47-71-55(9)63(20-2)79(94-71)49-75-57(11)65(22-4)81(96-75)51-77-61(15)69(85(100-77)53-84(67)98-73)31-33-87(106)91-38-44-103(23-5)24-6/h19-22,46-53,89,93-94,99-100H,1-4,23-45H2,5-18H3,(H,90,105)(H,91,106)(H,92,107). The second-order valence-electron chi connectivity index (χ2n) is 29.2. The summed E-state index contributed by atoms with van der Waals surface area (Å²) in [6, 6.07) is 17.0. The quantitative estimate of drug-likeness (QED) is 0.0172. The van der Waals surface area contributed by atoms with Crippen molar-refractivity contribution in [2.24, 2.45) is 0 Å². The summed E-state index contributed by atoms with van der Waals surface area (Å²) in [4.78, 5) is 86.4. The SMILES string of the molecule is C=CC1=C(C)c2cc3[nH]c(cc4nc(cc5[nH]c(cc1n2)c(C)c5CCC(=O)NCCN(C)CCCN(CC)CCNC(=O)CCC1=C(C)c2cc5[nH]c(cc6nc(cc7[nH]c(cc1n2)c(CCC(=O)NCCN(CC)CC)c7C)C(C=C)=C6C)c(C=C)c5C)C(CCCNCCN(C)C)=C4C)c(C)c3C=C. The van der Waals surface area contributed by atoms with E-state index >= 15 is 0 Å². The van der Waals surface area contributed by atoms with Crippen LogP contribution in [0.2, 0.25) is 0 Å². The average Bonchev–Trinajstić information content (AvgIpc) is 1.62. The maximum Gasteiger partial charge on any atom is 0.220 e. The van der Waals surface area contributed by atoms with E-state index in [1.54, 1.807) is 0 Å². The Bertz CT molecular complexity index is 4880. The number of fused-ring (bicyclic) bond motifs is 16. The van der Waals surface area contributed by atoms with Crippen molar-refractivity contribution >= 4 is 119 Å². The minimum Gasteiger partial charge on any atom is -0.355 e. The van der Waals surface area contributed by atoms with E-state index in [0.717, 1.165) is 258 Å². The highest BCUT2D eigenvalue weighted by Gasteiger charge is 2.25. The summed E-state index contributed by atoms with van der Waals surface area (Å²) in [5.41, 5.74) is 30.9. The van der Waals surface area contributed by atoms with Crippen molar-refractivity contribution < 1.29 is 14.4 Å². The Morgan fingerprint density at radius 2 is 0.766 bits per heavy atom. The van der Waals surface area contributed by atoms with E-state index in [4.69, 9.17) is 19.9 Å². The van der Waals surface area contributed by atoms with E-state index in [9.17, 15) is 14.4 Å². The molecule has 10 rings (SSSR count). The Labute approximate surface area is 634 Å². The lowest BCUT2D eigenvalue weighted by Gasteiger charge is -2.23. The molecule has 19 nitrogen and oxygen atoms in total. The largest absolute Gasteiger partial charge is 0.355 e. The molecule has 6 aromatic rings. The van der Waals surface area contributed by atoms with E-state index in [2.05, 4.69) is 233 Å². The molecular weight excluding hydrogens is 1330 g/mol. The smallest absolute Gasteiger partial charge is 0.220 e. The summed E-state index contributed by atoms with van der Waals surface area (Å²) in [7, 11) is 6.30. The predicted molar refractivity (Wildman–Crippen MR) is 449 cm³/mol. The van der Waals surface area contributed by atoms with Crippen LogP contribution in [0.15, 0.2) is 87.0 Å². The van der Waals surface area contributed by atoms with Crippen LogP contribution in [0.1, 0.15) is 183 Å². The van der Waals surface area contributed by atoms with E-state index < -0.39 is 0 Å². The molecule has 4 aliphatic heterocycles. The first-order valence-corrected chi connectivity index (χ1v) is 38.6. The number of nitrogens with one attached hydrogen (secondary N) is 8. The zero-order chi connectivity index (χ0) is 76.8. The van der Waals surface area contributed by atoms with Gasteiger partial charge in [-0.15, -0.1) is 0 Å². The summed E-state index contributed by atoms with van der Waals surface area (Å²) in [5, 5.41) is 13.3. The maximum atomic E-state index is 13.9. The highest BCUT2D eigenvalue weighted by atomic mass is 16.2. The molecule has 0 spiro atoms. The molecule has 0 aliphatic carbocycles. The molecule has 3 amide bonds. The van der Waals surface area contributed by atoms with E-state index in [0.29, 0.717) is 58.3 Å². The number of rotatable bonds is 36. The molecule has 0 saturated carbocycles. The first-order chi connectivity index (χ1) is 51.5. The highest BCUT2D eigenvalue weighted by Crippen LogP contribution is 2.40. The number of hydrogen-bond donors (Lipinski definition) is 8. The third-order valence-electron chi connectivity index (χ3n) is 22.1. The molecule has 0 unspecified atom stereocenters. The Kier molecular flexibility index (Phi) is 27.5. The summed E-state index contributed by atoms with van der Waals surface area (Å²) < 4.78 is 0. The first-order valence-electron chi connectivity index (χ1n) is 38.6. The molecule has 6 aromatic heterocycles. The van der Waals surface area contributed by atoms with E-state index in [1.807, 2.05) is 24.3 Å². The Balaban J connectivity index is 0.773. The monoisotopic (exact) mass is 1440 g/mol. The van der Waals surface area contributed by atoms with Gasteiger partial charge >= 0.3 is 0 Å². The minimum absolute atomic E-state index is 0.00566. The van der Waals surface area contributed by atoms with Gasteiger partial charge in [0.2, 0.25) is 17.7 Å². The zero-order valence-corrected chi connectivity index (χ0v) is 66.3. The van der Waals surface area contributed by atoms with E-state index in [-0.39, 0.29) is 24.1 Å². The molecule has 8 N–H and O–H groups in total. The lowest BCUT2D eigenvalue weighted by atomic mass is 10.00. The number of aromatic amines is 4. The van der Waals surface area contributed by atoms with Crippen LogP contribution in [0.3, 0.4) is 0 Å². The van der Waals surface area contributed by atoms with Crippen LogP contribution in [-0.2, 0) is 27.2 Å². The van der Waals surface area contributed by atoms with Crippen LogP contribution in [0.5, 0.6) is 0 Å². The third-order valence-corrected chi connectivity index (χ3v) is 22.1. The van der Waals surface area contributed by atoms with Crippen LogP contribution >= 0.6 is 0 Å². The molecule has 566 valence electrons. The summed E-state index contributed by atoms with van der Waals surface area (Å²) >= 11 is 0. The second-order valence-corrected chi connectivity index (χ2v) is 29.2. The van der Waals surface area contributed by atoms with Gasteiger partial charge in [-0.05, 0) is 270 Å². The molecule has 0 atom stereocenters. The summed E-state index contributed by atoms with van der Waals surface area (Å²) in [6.07, 6.45) is 12.8. The van der Waals surface area contributed by atoms with Crippen LogP contribution in [0.25, 0.3) is 101 Å².